The summed E-state index contributed by atoms with van der Waals surface area (Å²) in [5, 5.41) is 3.43. The van der Waals surface area contributed by atoms with Gasteiger partial charge in [0.05, 0.1) is 12.5 Å². The van der Waals surface area contributed by atoms with Gasteiger partial charge in [0.2, 0.25) is 11.8 Å². The molecule has 1 fully saturated rings. The van der Waals surface area contributed by atoms with Crippen molar-refractivity contribution < 1.29 is 14.3 Å². The molecule has 3 rings (SSSR count). The molecule has 140 valence electrons. The molecule has 1 aromatic carbocycles. The number of rotatable bonds is 5. The van der Waals surface area contributed by atoms with Gasteiger partial charge >= 0.3 is 0 Å². The van der Waals surface area contributed by atoms with Gasteiger partial charge in [0, 0.05) is 37.7 Å². The highest BCUT2D eigenvalue weighted by atomic mass is 35.5. The quantitative estimate of drug-likeness (QED) is 0.786. The molecule has 6 nitrogen and oxygen atoms in total. The van der Waals surface area contributed by atoms with Crippen molar-refractivity contribution in [3.63, 3.8) is 0 Å². The molecule has 1 atom stereocenters. The molecule has 0 aliphatic carbocycles. The number of hydrogen-bond acceptors (Lipinski definition) is 4. The fraction of sp³-hybridized carbons (Fsp3) is 0.474. The Bertz CT molecular complexity index is 687. The van der Waals surface area contributed by atoms with Crippen LogP contribution in [0.5, 0.6) is 5.75 Å². The van der Waals surface area contributed by atoms with Gasteiger partial charge in [-0.3, -0.25) is 14.5 Å². The number of hydrogen-bond donors (Lipinski definition) is 1. The van der Waals surface area contributed by atoms with Crippen LogP contribution in [0.1, 0.15) is 5.56 Å². The van der Waals surface area contributed by atoms with Gasteiger partial charge in [-0.15, -0.1) is 6.58 Å². The van der Waals surface area contributed by atoms with E-state index < -0.39 is 0 Å². The predicted octanol–water partition coefficient (Wildman–Crippen LogP) is 1.34. The van der Waals surface area contributed by atoms with Crippen molar-refractivity contribution in [1.29, 1.82) is 0 Å². The van der Waals surface area contributed by atoms with Crippen molar-refractivity contribution in [1.82, 2.24) is 15.1 Å². The zero-order chi connectivity index (χ0) is 18.5. The van der Waals surface area contributed by atoms with E-state index in [9.17, 15) is 9.59 Å². The van der Waals surface area contributed by atoms with Crippen LogP contribution in [-0.2, 0) is 16.0 Å². The van der Waals surface area contributed by atoms with E-state index in [0.29, 0.717) is 57.3 Å². The Morgan fingerprint density at radius 1 is 1.31 bits per heavy atom. The largest absolute Gasteiger partial charge is 0.492 e. The molecule has 0 saturated carbocycles. The molecule has 2 aliphatic rings. The van der Waals surface area contributed by atoms with Crippen LogP contribution in [0.4, 0.5) is 0 Å². The van der Waals surface area contributed by atoms with Gasteiger partial charge < -0.3 is 15.0 Å². The Kier molecular flexibility index (Phi) is 6.16. The third-order valence-electron chi connectivity index (χ3n) is 4.77. The molecule has 0 spiro atoms. The molecule has 0 radical (unpaired) electrons. The minimum absolute atomic E-state index is 0.0150. The summed E-state index contributed by atoms with van der Waals surface area (Å²) in [6.07, 6.45) is 2.31. The molecule has 2 aliphatic heterocycles. The van der Waals surface area contributed by atoms with Gasteiger partial charge in [0.15, 0.2) is 0 Å². The number of benzene rings is 1. The second-order valence-electron chi connectivity index (χ2n) is 6.66. The lowest BCUT2D eigenvalue weighted by molar-refractivity contribution is -0.138. The van der Waals surface area contributed by atoms with Crippen LogP contribution in [0.25, 0.3) is 0 Å². The van der Waals surface area contributed by atoms with E-state index in [-0.39, 0.29) is 17.7 Å². The number of ether oxygens (including phenoxy) is 1. The smallest absolute Gasteiger partial charge is 0.234 e. The first-order valence-electron chi connectivity index (χ1n) is 8.87. The molecule has 2 heterocycles. The van der Waals surface area contributed by atoms with Gasteiger partial charge in [-0.05, 0) is 30.2 Å². The summed E-state index contributed by atoms with van der Waals surface area (Å²) in [6, 6.07) is 5.53. The first kappa shape index (κ1) is 18.7. The van der Waals surface area contributed by atoms with E-state index in [4.69, 9.17) is 16.3 Å². The fourth-order valence-corrected chi connectivity index (χ4v) is 3.55. The van der Waals surface area contributed by atoms with Crippen molar-refractivity contribution >= 4 is 23.4 Å². The second-order valence-corrected chi connectivity index (χ2v) is 7.09. The Balaban J connectivity index is 1.50. The molecule has 1 saturated heterocycles. The molecule has 26 heavy (non-hydrogen) atoms. The molecule has 2 amide bonds. The number of piperazine rings is 1. The standard InChI is InChI=1S/C19H24ClN3O3/c1-2-5-21-18(24)12-22-6-8-23(9-7-22)19(25)15-10-14-11-16(20)3-4-17(14)26-13-15/h2-4,11,15H,1,5-10,12-13H2,(H,21,24)/t15-/m0/s1. The van der Waals surface area contributed by atoms with Crippen LogP contribution < -0.4 is 10.1 Å². The third kappa shape index (κ3) is 4.56. The number of fused-ring (bicyclic) bond motifs is 1. The highest BCUT2D eigenvalue weighted by Gasteiger charge is 2.31. The van der Waals surface area contributed by atoms with E-state index >= 15 is 0 Å². The van der Waals surface area contributed by atoms with Crippen LogP contribution >= 0.6 is 11.6 Å². The molecule has 0 aromatic heterocycles. The van der Waals surface area contributed by atoms with Crippen LogP contribution in [-0.4, -0.2) is 67.5 Å². The average molecular weight is 378 g/mol. The maximum absolute atomic E-state index is 12.8. The van der Waals surface area contributed by atoms with Gasteiger partial charge in [0.25, 0.3) is 0 Å². The number of halogens is 1. The van der Waals surface area contributed by atoms with Crippen LogP contribution in [0, 0.1) is 5.92 Å². The minimum atomic E-state index is -0.177. The van der Waals surface area contributed by atoms with Gasteiger partial charge in [-0.1, -0.05) is 17.7 Å². The van der Waals surface area contributed by atoms with Gasteiger partial charge in [-0.2, -0.15) is 0 Å². The average Bonchev–Trinajstić information content (AvgIpc) is 2.65. The summed E-state index contributed by atoms with van der Waals surface area (Å²) in [5.74, 6) is 0.738. The third-order valence-corrected chi connectivity index (χ3v) is 5.01. The normalized spacial score (nSPS) is 20.0. The van der Waals surface area contributed by atoms with Crippen LogP contribution in [0.15, 0.2) is 30.9 Å². The fourth-order valence-electron chi connectivity index (χ4n) is 3.35. The maximum Gasteiger partial charge on any atom is 0.234 e. The zero-order valence-electron chi connectivity index (χ0n) is 14.7. The van der Waals surface area contributed by atoms with Crippen LogP contribution in [0.3, 0.4) is 0 Å². The Morgan fingerprint density at radius 2 is 2.08 bits per heavy atom. The van der Waals surface area contributed by atoms with Gasteiger partial charge in [-0.25, -0.2) is 0 Å². The lowest BCUT2D eigenvalue weighted by Crippen LogP contribution is -2.53. The summed E-state index contributed by atoms with van der Waals surface area (Å²) in [5.41, 5.74) is 0.986. The van der Waals surface area contributed by atoms with E-state index in [1.54, 1.807) is 12.1 Å². The Hall–Kier alpha value is -2.05. The number of nitrogens with zero attached hydrogens (tertiary/aromatic N) is 2. The summed E-state index contributed by atoms with van der Waals surface area (Å²) >= 11 is 6.05. The van der Waals surface area contributed by atoms with E-state index in [1.165, 1.54) is 0 Å². The summed E-state index contributed by atoms with van der Waals surface area (Å²) in [7, 11) is 0. The summed E-state index contributed by atoms with van der Waals surface area (Å²) in [6.45, 7) is 7.47. The minimum Gasteiger partial charge on any atom is -0.492 e. The monoisotopic (exact) mass is 377 g/mol. The van der Waals surface area contributed by atoms with E-state index in [0.717, 1.165) is 11.3 Å². The molecule has 1 aromatic rings. The Labute approximate surface area is 158 Å². The highest BCUT2D eigenvalue weighted by Crippen LogP contribution is 2.30. The molecule has 7 heteroatoms. The van der Waals surface area contributed by atoms with Gasteiger partial charge in [0.1, 0.15) is 12.4 Å². The SMILES string of the molecule is C=CCNC(=O)CN1CCN(C(=O)[C@@H]2COc3ccc(Cl)cc3C2)CC1. The lowest BCUT2D eigenvalue weighted by atomic mass is 9.95. The molecular weight excluding hydrogens is 354 g/mol. The summed E-state index contributed by atoms with van der Waals surface area (Å²) in [4.78, 5) is 28.5. The maximum atomic E-state index is 12.8. The predicted molar refractivity (Wildman–Crippen MR) is 100 cm³/mol. The van der Waals surface area contributed by atoms with E-state index in [2.05, 4.69) is 16.8 Å². The number of amides is 2. The number of nitrogens with one attached hydrogen (secondary N) is 1. The van der Waals surface area contributed by atoms with Crippen LogP contribution in [0.2, 0.25) is 5.02 Å². The number of carbonyl (C=O) groups is 2. The van der Waals surface area contributed by atoms with Crippen molar-refractivity contribution in [3.05, 3.63) is 41.4 Å². The second kappa shape index (κ2) is 8.56. The summed E-state index contributed by atoms with van der Waals surface area (Å²) < 4.78 is 5.74. The van der Waals surface area contributed by atoms with Crippen molar-refractivity contribution in [2.45, 2.75) is 6.42 Å². The topological polar surface area (TPSA) is 61.9 Å². The molecule has 0 unspecified atom stereocenters. The molecule has 0 bridgehead atoms. The zero-order valence-corrected chi connectivity index (χ0v) is 15.5. The van der Waals surface area contributed by atoms with Crippen molar-refractivity contribution in [2.24, 2.45) is 5.92 Å². The lowest BCUT2D eigenvalue weighted by Gasteiger charge is -2.37. The Morgan fingerprint density at radius 3 is 2.81 bits per heavy atom. The first-order chi connectivity index (χ1) is 12.6. The number of carbonyl (C=O) groups excluding carboxylic acids is 2. The highest BCUT2D eigenvalue weighted by molar-refractivity contribution is 6.30. The van der Waals surface area contributed by atoms with E-state index in [1.807, 2.05) is 17.0 Å². The van der Waals surface area contributed by atoms with Crippen molar-refractivity contribution in [3.8, 4) is 5.75 Å². The molecule has 1 N–H and O–H groups in total. The van der Waals surface area contributed by atoms with Crippen molar-refractivity contribution in [2.75, 3.05) is 45.9 Å². The first-order valence-corrected chi connectivity index (χ1v) is 9.24. The molecular formula is C19H24ClN3O3.